The Hall–Kier alpha value is -1.62. The molecular formula is C9H12N4O. The Morgan fingerprint density at radius 2 is 2.14 bits per heavy atom. The van der Waals surface area contributed by atoms with Crippen LogP contribution in [0.15, 0.2) is 24.8 Å². The zero-order chi connectivity index (χ0) is 9.97. The van der Waals surface area contributed by atoms with Crippen LogP contribution in [0.4, 0.5) is 0 Å². The maximum absolute atomic E-state index is 8.72. The fourth-order valence-electron chi connectivity index (χ4n) is 1.25. The van der Waals surface area contributed by atoms with Crippen LogP contribution in [-0.4, -0.2) is 31.3 Å². The summed E-state index contributed by atoms with van der Waals surface area (Å²) >= 11 is 0. The summed E-state index contributed by atoms with van der Waals surface area (Å²) < 4.78 is 3.45. The number of aromatic nitrogens is 4. The predicted molar refractivity (Wildman–Crippen MR) is 51.2 cm³/mol. The number of hydrogen-bond donors (Lipinski definition) is 1. The molecule has 0 aromatic carbocycles. The zero-order valence-corrected chi connectivity index (χ0v) is 7.96. The number of rotatable bonds is 3. The first-order valence-electron chi connectivity index (χ1n) is 4.44. The van der Waals surface area contributed by atoms with Crippen molar-refractivity contribution in [2.75, 3.05) is 6.61 Å². The molecule has 0 saturated carbocycles. The smallest absolute Gasteiger partial charge is 0.102 e. The minimum atomic E-state index is 0.0965. The first-order chi connectivity index (χ1) is 6.79. The summed E-state index contributed by atoms with van der Waals surface area (Å²) in [5.74, 6) is 0. The molecule has 2 rings (SSSR count). The highest BCUT2D eigenvalue weighted by atomic mass is 16.3. The van der Waals surface area contributed by atoms with Gasteiger partial charge in [-0.05, 0) is 12.5 Å². The van der Waals surface area contributed by atoms with Gasteiger partial charge in [0.05, 0.1) is 31.7 Å². The van der Waals surface area contributed by atoms with Crippen LogP contribution in [0.1, 0.15) is 5.56 Å². The summed E-state index contributed by atoms with van der Waals surface area (Å²) in [6.45, 7) is 2.60. The number of aryl methyl sites for hydroxylation is 1. The second-order valence-corrected chi connectivity index (χ2v) is 3.15. The zero-order valence-electron chi connectivity index (χ0n) is 7.96. The van der Waals surface area contributed by atoms with Crippen molar-refractivity contribution in [1.82, 2.24) is 19.6 Å². The summed E-state index contributed by atoms with van der Waals surface area (Å²) in [6, 6.07) is 0. The Morgan fingerprint density at radius 3 is 2.79 bits per heavy atom. The fraction of sp³-hybridized carbons (Fsp3) is 0.333. The van der Waals surface area contributed by atoms with Crippen LogP contribution in [0.5, 0.6) is 0 Å². The van der Waals surface area contributed by atoms with Crippen molar-refractivity contribution < 1.29 is 5.11 Å². The molecule has 5 nitrogen and oxygen atoms in total. The summed E-state index contributed by atoms with van der Waals surface area (Å²) in [7, 11) is 0. The second kappa shape index (κ2) is 3.63. The van der Waals surface area contributed by atoms with E-state index in [2.05, 4.69) is 10.2 Å². The molecule has 14 heavy (non-hydrogen) atoms. The van der Waals surface area contributed by atoms with Crippen molar-refractivity contribution >= 4 is 0 Å². The molecule has 2 heterocycles. The molecule has 0 saturated heterocycles. The average molecular weight is 192 g/mol. The molecule has 2 aromatic heterocycles. The van der Waals surface area contributed by atoms with Crippen LogP contribution in [0.3, 0.4) is 0 Å². The summed E-state index contributed by atoms with van der Waals surface area (Å²) in [4.78, 5) is 0. The van der Waals surface area contributed by atoms with Gasteiger partial charge < -0.3 is 5.11 Å². The van der Waals surface area contributed by atoms with E-state index in [4.69, 9.17) is 5.11 Å². The molecular weight excluding hydrogens is 180 g/mol. The van der Waals surface area contributed by atoms with Crippen LogP contribution in [0.25, 0.3) is 5.69 Å². The van der Waals surface area contributed by atoms with E-state index in [-0.39, 0.29) is 6.61 Å². The van der Waals surface area contributed by atoms with E-state index < -0.39 is 0 Å². The quantitative estimate of drug-likeness (QED) is 0.764. The van der Waals surface area contributed by atoms with E-state index in [1.165, 1.54) is 0 Å². The Kier molecular flexibility index (Phi) is 2.32. The largest absolute Gasteiger partial charge is 0.394 e. The Labute approximate surface area is 81.6 Å². The van der Waals surface area contributed by atoms with Crippen molar-refractivity contribution in [3.63, 3.8) is 0 Å². The number of nitrogens with zero attached hydrogens (tertiary/aromatic N) is 4. The van der Waals surface area contributed by atoms with Gasteiger partial charge in [-0.25, -0.2) is 4.68 Å². The Balaban J connectivity index is 2.24. The standard InChI is InChI=1S/C9H12N4O/c1-8-4-11-13(6-8)9-5-10-12(7-9)2-3-14/h4-7,14H,2-3H2,1H3. The van der Waals surface area contributed by atoms with Gasteiger partial charge in [0.15, 0.2) is 0 Å². The minimum Gasteiger partial charge on any atom is -0.394 e. The number of aliphatic hydroxyl groups excluding tert-OH is 1. The molecule has 74 valence electrons. The van der Waals surface area contributed by atoms with Gasteiger partial charge >= 0.3 is 0 Å². The molecule has 0 fully saturated rings. The van der Waals surface area contributed by atoms with Crippen molar-refractivity contribution in [2.24, 2.45) is 0 Å². The second-order valence-electron chi connectivity index (χ2n) is 3.15. The summed E-state index contributed by atoms with van der Waals surface area (Å²) in [5.41, 5.74) is 2.02. The van der Waals surface area contributed by atoms with Crippen LogP contribution in [0, 0.1) is 6.92 Å². The Morgan fingerprint density at radius 1 is 1.29 bits per heavy atom. The van der Waals surface area contributed by atoms with Gasteiger partial charge in [-0.15, -0.1) is 0 Å². The van der Waals surface area contributed by atoms with Gasteiger partial charge in [-0.1, -0.05) is 0 Å². The third-order valence-electron chi connectivity index (χ3n) is 1.92. The minimum absolute atomic E-state index is 0.0965. The van der Waals surface area contributed by atoms with Gasteiger partial charge in [0.25, 0.3) is 0 Å². The van der Waals surface area contributed by atoms with Crippen LogP contribution in [0.2, 0.25) is 0 Å². The highest BCUT2D eigenvalue weighted by Crippen LogP contribution is 2.05. The number of hydrogen-bond acceptors (Lipinski definition) is 3. The number of aliphatic hydroxyl groups is 1. The maximum Gasteiger partial charge on any atom is 0.102 e. The molecule has 0 bridgehead atoms. The molecule has 0 amide bonds. The summed E-state index contributed by atoms with van der Waals surface area (Å²) in [5, 5.41) is 17.0. The highest BCUT2D eigenvalue weighted by molar-refractivity contribution is 5.24. The first kappa shape index (κ1) is 8.96. The molecule has 2 aromatic rings. The van der Waals surface area contributed by atoms with Crippen LogP contribution in [-0.2, 0) is 6.54 Å². The first-order valence-corrected chi connectivity index (χ1v) is 4.44. The van der Waals surface area contributed by atoms with Gasteiger partial charge in [-0.2, -0.15) is 10.2 Å². The predicted octanol–water partition coefficient (Wildman–Crippen LogP) is 0.370. The highest BCUT2D eigenvalue weighted by Gasteiger charge is 2.01. The molecule has 5 heteroatoms. The maximum atomic E-state index is 8.72. The van der Waals surface area contributed by atoms with E-state index >= 15 is 0 Å². The van der Waals surface area contributed by atoms with E-state index in [9.17, 15) is 0 Å². The van der Waals surface area contributed by atoms with Gasteiger partial charge in [0.2, 0.25) is 0 Å². The summed E-state index contributed by atoms with van der Waals surface area (Å²) in [6.07, 6.45) is 7.30. The van der Waals surface area contributed by atoms with E-state index in [1.54, 1.807) is 21.8 Å². The van der Waals surface area contributed by atoms with Crippen molar-refractivity contribution in [3.05, 3.63) is 30.4 Å². The molecule has 0 aliphatic heterocycles. The SMILES string of the molecule is Cc1cnn(-c2cnn(CCO)c2)c1. The molecule has 0 radical (unpaired) electrons. The molecule has 0 atom stereocenters. The van der Waals surface area contributed by atoms with Gasteiger partial charge in [-0.3, -0.25) is 4.68 Å². The lowest BCUT2D eigenvalue weighted by Gasteiger charge is -1.95. The van der Waals surface area contributed by atoms with Crippen LogP contribution < -0.4 is 0 Å². The van der Waals surface area contributed by atoms with E-state index in [0.717, 1.165) is 11.3 Å². The monoisotopic (exact) mass is 192 g/mol. The third kappa shape index (κ3) is 1.67. The normalized spacial score (nSPS) is 10.7. The fourth-order valence-corrected chi connectivity index (χ4v) is 1.25. The lowest BCUT2D eigenvalue weighted by molar-refractivity contribution is 0.269. The molecule has 0 unspecified atom stereocenters. The molecule has 0 aliphatic rings. The van der Waals surface area contributed by atoms with Gasteiger partial charge in [0.1, 0.15) is 5.69 Å². The van der Waals surface area contributed by atoms with Gasteiger partial charge in [0, 0.05) is 6.20 Å². The van der Waals surface area contributed by atoms with Crippen molar-refractivity contribution in [1.29, 1.82) is 0 Å². The Bertz CT molecular complexity index is 418. The average Bonchev–Trinajstić information content (AvgIpc) is 2.74. The molecule has 0 spiro atoms. The lowest BCUT2D eigenvalue weighted by atomic mass is 10.4. The molecule has 0 aliphatic carbocycles. The van der Waals surface area contributed by atoms with Crippen LogP contribution >= 0.6 is 0 Å². The topological polar surface area (TPSA) is 55.9 Å². The molecule has 1 N–H and O–H groups in total. The van der Waals surface area contributed by atoms with E-state index in [1.807, 2.05) is 19.3 Å². The van der Waals surface area contributed by atoms with Crippen molar-refractivity contribution in [3.8, 4) is 5.69 Å². The third-order valence-corrected chi connectivity index (χ3v) is 1.92. The van der Waals surface area contributed by atoms with Crippen molar-refractivity contribution in [2.45, 2.75) is 13.5 Å². The van der Waals surface area contributed by atoms with E-state index in [0.29, 0.717) is 6.54 Å². The lowest BCUT2D eigenvalue weighted by Crippen LogP contribution is -2.01.